The molecule has 0 radical (unpaired) electrons. The second-order valence-electron chi connectivity index (χ2n) is 8.55. The molecule has 0 saturated carbocycles. The van der Waals surface area contributed by atoms with Gasteiger partial charge in [-0.25, -0.2) is 9.97 Å². The Morgan fingerprint density at radius 1 is 1.20 bits per heavy atom. The molecule has 164 valence electrons. The number of hydrogen-bond donors (Lipinski definition) is 2. The van der Waals surface area contributed by atoms with E-state index in [9.17, 15) is 0 Å². The fourth-order valence-corrected chi connectivity index (χ4v) is 4.03. The molecule has 3 heterocycles. The summed E-state index contributed by atoms with van der Waals surface area (Å²) < 4.78 is 0. The zero-order chi connectivity index (χ0) is 21.7. The third-order valence-electron chi connectivity index (χ3n) is 5.76. The van der Waals surface area contributed by atoms with Crippen LogP contribution in [0.5, 0.6) is 0 Å². The summed E-state index contributed by atoms with van der Waals surface area (Å²) in [6.07, 6.45) is 4.74. The van der Waals surface area contributed by atoms with Gasteiger partial charge in [0.2, 0.25) is 5.95 Å². The van der Waals surface area contributed by atoms with E-state index in [0.717, 1.165) is 61.2 Å². The highest BCUT2D eigenvalue weighted by atomic mass is 16.3. The van der Waals surface area contributed by atoms with Crippen LogP contribution < -0.4 is 15.1 Å². The number of rotatable bonds is 8. The molecule has 30 heavy (non-hydrogen) atoms. The minimum Gasteiger partial charge on any atom is -0.395 e. The third kappa shape index (κ3) is 5.36. The van der Waals surface area contributed by atoms with Crippen LogP contribution in [0.1, 0.15) is 43.6 Å². The van der Waals surface area contributed by atoms with Crippen LogP contribution in [-0.4, -0.2) is 64.6 Å². The van der Waals surface area contributed by atoms with Gasteiger partial charge < -0.3 is 20.2 Å². The second-order valence-corrected chi connectivity index (χ2v) is 8.55. The molecule has 0 aromatic carbocycles. The number of piperidine rings is 1. The summed E-state index contributed by atoms with van der Waals surface area (Å²) in [7, 11) is 2.08. The van der Waals surface area contributed by atoms with Gasteiger partial charge in [0.25, 0.3) is 0 Å². The molecular weight excluding hydrogens is 378 g/mol. The highest BCUT2D eigenvalue weighted by Gasteiger charge is 2.25. The molecular formula is C22H35N7O. The molecule has 8 nitrogen and oxygen atoms in total. The summed E-state index contributed by atoms with van der Waals surface area (Å²) in [5.74, 6) is 2.30. The van der Waals surface area contributed by atoms with Crippen molar-refractivity contribution in [2.24, 2.45) is 5.92 Å². The lowest BCUT2D eigenvalue weighted by molar-refractivity contribution is 0.311. The van der Waals surface area contributed by atoms with Crippen molar-refractivity contribution in [1.82, 2.24) is 20.2 Å². The molecule has 3 rings (SSSR count). The van der Waals surface area contributed by atoms with Crippen LogP contribution in [0.2, 0.25) is 0 Å². The molecule has 1 aliphatic rings. The summed E-state index contributed by atoms with van der Waals surface area (Å²) in [5, 5.41) is 20.5. The van der Waals surface area contributed by atoms with Crippen LogP contribution in [0.4, 0.5) is 17.5 Å². The largest absolute Gasteiger partial charge is 0.395 e. The number of aliphatic hydroxyl groups excluding tert-OH is 1. The molecule has 2 aromatic rings. The molecule has 8 heteroatoms. The summed E-state index contributed by atoms with van der Waals surface area (Å²) in [6, 6.07) is 2.38. The molecule has 0 spiro atoms. The monoisotopic (exact) mass is 413 g/mol. The SMILES string of the molecule is Cc1nc(N2CCC(N(C)c3cc(NCCO)cnn3)CC2)nc(C)c1CC(C)C. The van der Waals surface area contributed by atoms with E-state index in [-0.39, 0.29) is 6.61 Å². The fourth-order valence-electron chi connectivity index (χ4n) is 4.03. The van der Waals surface area contributed by atoms with Gasteiger partial charge in [-0.3, -0.25) is 0 Å². The van der Waals surface area contributed by atoms with Crippen molar-refractivity contribution in [2.75, 3.05) is 48.4 Å². The summed E-state index contributed by atoms with van der Waals surface area (Å²) in [5.41, 5.74) is 4.37. The van der Waals surface area contributed by atoms with Gasteiger partial charge in [-0.05, 0) is 44.6 Å². The smallest absolute Gasteiger partial charge is 0.225 e. The van der Waals surface area contributed by atoms with Crippen molar-refractivity contribution in [1.29, 1.82) is 0 Å². The first-order chi connectivity index (χ1) is 14.4. The zero-order valence-corrected chi connectivity index (χ0v) is 18.9. The van der Waals surface area contributed by atoms with Gasteiger partial charge in [-0.15, -0.1) is 5.10 Å². The quantitative estimate of drug-likeness (QED) is 0.682. The van der Waals surface area contributed by atoms with Crippen molar-refractivity contribution in [3.05, 3.63) is 29.2 Å². The van der Waals surface area contributed by atoms with Crippen LogP contribution in [0.25, 0.3) is 0 Å². The van der Waals surface area contributed by atoms with Gasteiger partial charge in [0, 0.05) is 50.2 Å². The van der Waals surface area contributed by atoms with Crippen LogP contribution in [0, 0.1) is 19.8 Å². The molecule has 1 saturated heterocycles. The fraction of sp³-hybridized carbons (Fsp3) is 0.636. The number of aliphatic hydroxyl groups is 1. The topological polar surface area (TPSA) is 90.3 Å². The first kappa shape index (κ1) is 22.2. The van der Waals surface area contributed by atoms with Crippen molar-refractivity contribution < 1.29 is 5.11 Å². The van der Waals surface area contributed by atoms with E-state index in [0.29, 0.717) is 18.5 Å². The van der Waals surface area contributed by atoms with E-state index in [2.05, 4.69) is 60.1 Å². The van der Waals surface area contributed by atoms with Gasteiger partial charge in [-0.1, -0.05) is 13.8 Å². The van der Waals surface area contributed by atoms with Gasteiger partial charge in [0.15, 0.2) is 5.82 Å². The Kier molecular flexibility index (Phi) is 7.42. The van der Waals surface area contributed by atoms with Crippen molar-refractivity contribution >= 4 is 17.5 Å². The maximum absolute atomic E-state index is 8.99. The molecule has 0 bridgehead atoms. The van der Waals surface area contributed by atoms with E-state index in [1.165, 1.54) is 5.56 Å². The van der Waals surface area contributed by atoms with Crippen LogP contribution in [-0.2, 0) is 6.42 Å². The Hall–Kier alpha value is -2.48. The van der Waals surface area contributed by atoms with E-state index in [1.54, 1.807) is 6.20 Å². The highest BCUT2D eigenvalue weighted by Crippen LogP contribution is 2.25. The third-order valence-corrected chi connectivity index (χ3v) is 5.76. The lowest BCUT2D eigenvalue weighted by Gasteiger charge is -2.37. The van der Waals surface area contributed by atoms with Crippen LogP contribution in [0.15, 0.2) is 12.3 Å². The summed E-state index contributed by atoms with van der Waals surface area (Å²) >= 11 is 0. The molecule has 1 aliphatic heterocycles. The molecule has 0 amide bonds. The standard InChI is InChI=1S/C22H35N7O/c1-15(2)12-20-16(3)25-22(26-17(20)4)29-9-6-19(7-10-29)28(5)21-13-18(14-24-27-21)23-8-11-30/h13-15,19,30H,6-12H2,1-5H3,(H,23,27). The average Bonchev–Trinajstić information content (AvgIpc) is 2.74. The lowest BCUT2D eigenvalue weighted by Crippen LogP contribution is -2.44. The maximum Gasteiger partial charge on any atom is 0.225 e. The van der Waals surface area contributed by atoms with E-state index < -0.39 is 0 Å². The number of aromatic nitrogens is 4. The predicted molar refractivity (Wildman–Crippen MR) is 121 cm³/mol. The van der Waals surface area contributed by atoms with Gasteiger partial charge in [0.05, 0.1) is 18.5 Å². The van der Waals surface area contributed by atoms with E-state index >= 15 is 0 Å². The van der Waals surface area contributed by atoms with Gasteiger partial charge in [-0.2, -0.15) is 5.10 Å². The summed E-state index contributed by atoms with van der Waals surface area (Å²) in [6.45, 7) is 11.1. The van der Waals surface area contributed by atoms with Gasteiger partial charge >= 0.3 is 0 Å². The number of nitrogens with zero attached hydrogens (tertiary/aromatic N) is 6. The Balaban J connectivity index is 1.63. The van der Waals surface area contributed by atoms with Gasteiger partial charge in [0.1, 0.15) is 0 Å². The molecule has 0 atom stereocenters. The minimum atomic E-state index is 0.0887. The average molecular weight is 414 g/mol. The van der Waals surface area contributed by atoms with Crippen LogP contribution >= 0.6 is 0 Å². The van der Waals surface area contributed by atoms with Crippen LogP contribution in [0.3, 0.4) is 0 Å². The Bertz CT molecular complexity index is 811. The van der Waals surface area contributed by atoms with Crippen molar-refractivity contribution in [3.8, 4) is 0 Å². The Morgan fingerprint density at radius 3 is 2.47 bits per heavy atom. The summed E-state index contributed by atoms with van der Waals surface area (Å²) in [4.78, 5) is 14.2. The molecule has 1 fully saturated rings. The molecule has 0 unspecified atom stereocenters. The van der Waals surface area contributed by atoms with E-state index in [4.69, 9.17) is 15.1 Å². The minimum absolute atomic E-state index is 0.0887. The number of aryl methyl sites for hydroxylation is 2. The highest BCUT2D eigenvalue weighted by molar-refractivity contribution is 5.51. The first-order valence-corrected chi connectivity index (χ1v) is 10.9. The Morgan fingerprint density at radius 2 is 1.87 bits per heavy atom. The number of hydrogen-bond acceptors (Lipinski definition) is 8. The second kappa shape index (κ2) is 10.0. The lowest BCUT2D eigenvalue weighted by atomic mass is 10.0. The molecule has 2 aromatic heterocycles. The van der Waals surface area contributed by atoms with Crippen molar-refractivity contribution in [2.45, 2.75) is 53.0 Å². The Labute approximate surface area is 179 Å². The number of anilines is 3. The first-order valence-electron chi connectivity index (χ1n) is 10.9. The molecule has 2 N–H and O–H groups in total. The predicted octanol–water partition coefficient (Wildman–Crippen LogP) is 2.59. The molecule has 0 aliphatic carbocycles. The maximum atomic E-state index is 8.99. The van der Waals surface area contributed by atoms with Crippen molar-refractivity contribution in [3.63, 3.8) is 0 Å². The normalized spacial score (nSPS) is 15.0. The zero-order valence-electron chi connectivity index (χ0n) is 18.9. The van der Waals surface area contributed by atoms with E-state index in [1.807, 2.05) is 6.07 Å². The number of nitrogens with one attached hydrogen (secondary N) is 1.